The molecule has 1 saturated heterocycles. The number of aromatic nitrogens is 3. The molecule has 0 atom stereocenters. The minimum Gasteiger partial charge on any atom is -0.424 e. The van der Waals surface area contributed by atoms with Gasteiger partial charge in [-0.3, -0.25) is 9.98 Å². The molecule has 3 aromatic rings. The Balaban J connectivity index is 1.27. The van der Waals surface area contributed by atoms with Gasteiger partial charge in [0.15, 0.2) is 0 Å². The standard InChI is InChI=1S/C28H29N7O/c1-19-13-20-6-7-23(15-21(20)14-19)36-28-32-26(17-27(33-28)35-11-9-34(2)10-12-35)31-25-16-22(18-30-25)24-5-3-4-8-29-24/h3-8,14-17H,9-13,18H2,1-2H3,(H,30,31,32,33). The van der Waals surface area contributed by atoms with Crippen molar-refractivity contribution in [1.82, 2.24) is 19.9 Å². The number of hydrogen-bond donors (Lipinski definition) is 1. The van der Waals surface area contributed by atoms with Crippen LogP contribution in [0.25, 0.3) is 11.6 Å². The number of allylic oxidation sites excluding steroid dienone is 1. The predicted molar refractivity (Wildman–Crippen MR) is 144 cm³/mol. The molecule has 182 valence electrons. The summed E-state index contributed by atoms with van der Waals surface area (Å²) in [5.41, 5.74) is 5.89. The van der Waals surface area contributed by atoms with Gasteiger partial charge in [-0.1, -0.05) is 23.8 Å². The molecule has 36 heavy (non-hydrogen) atoms. The summed E-state index contributed by atoms with van der Waals surface area (Å²) >= 11 is 0. The Bertz CT molecular complexity index is 1370. The summed E-state index contributed by atoms with van der Waals surface area (Å²) in [5.74, 6) is 2.99. The van der Waals surface area contributed by atoms with Gasteiger partial charge in [0.05, 0.1) is 12.2 Å². The molecule has 0 unspecified atom stereocenters. The molecule has 1 N–H and O–H groups in total. The SMILES string of the molecule is CC1=Cc2cc(Oc3nc(NC4=NCC(c5ccccn5)=C4)cc(N4CCN(C)CC4)n3)ccc2C1. The van der Waals surface area contributed by atoms with Gasteiger partial charge in [-0.2, -0.15) is 9.97 Å². The van der Waals surface area contributed by atoms with E-state index in [9.17, 15) is 0 Å². The number of ether oxygens (including phenoxy) is 1. The van der Waals surface area contributed by atoms with Crippen molar-refractivity contribution in [1.29, 1.82) is 0 Å². The van der Waals surface area contributed by atoms with Crippen molar-refractivity contribution in [2.24, 2.45) is 4.99 Å². The van der Waals surface area contributed by atoms with Crippen molar-refractivity contribution in [3.63, 3.8) is 0 Å². The van der Waals surface area contributed by atoms with E-state index >= 15 is 0 Å². The number of hydrogen-bond acceptors (Lipinski definition) is 8. The third-order valence-electron chi connectivity index (χ3n) is 6.70. The molecular weight excluding hydrogens is 450 g/mol. The molecule has 2 aliphatic heterocycles. The van der Waals surface area contributed by atoms with Gasteiger partial charge in [0, 0.05) is 44.0 Å². The molecule has 4 heterocycles. The van der Waals surface area contributed by atoms with Gasteiger partial charge in [0.1, 0.15) is 23.2 Å². The Morgan fingerprint density at radius 1 is 0.972 bits per heavy atom. The molecule has 0 radical (unpaired) electrons. The lowest BCUT2D eigenvalue weighted by Gasteiger charge is -2.33. The second kappa shape index (κ2) is 9.54. The Morgan fingerprint density at radius 2 is 1.86 bits per heavy atom. The van der Waals surface area contributed by atoms with E-state index in [4.69, 9.17) is 9.72 Å². The van der Waals surface area contributed by atoms with Crippen LogP contribution in [0.5, 0.6) is 11.8 Å². The summed E-state index contributed by atoms with van der Waals surface area (Å²) in [7, 11) is 2.15. The third-order valence-corrected chi connectivity index (χ3v) is 6.70. The van der Waals surface area contributed by atoms with Crippen LogP contribution in [0.1, 0.15) is 23.7 Å². The van der Waals surface area contributed by atoms with E-state index in [2.05, 4.69) is 62.3 Å². The summed E-state index contributed by atoms with van der Waals surface area (Å²) in [6.45, 7) is 6.52. The molecule has 2 aromatic heterocycles. The second-order valence-corrected chi connectivity index (χ2v) is 9.53. The average Bonchev–Trinajstić information content (AvgIpc) is 3.50. The summed E-state index contributed by atoms with van der Waals surface area (Å²) in [6.07, 6.45) is 7.03. The maximum absolute atomic E-state index is 6.19. The van der Waals surface area contributed by atoms with E-state index in [1.54, 1.807) is 6.20 Å². The van der Waals surface area contributed by atoms with Gasteiger partial charge in [-0.25, -0.2) is 0 Å². The highest BCUT2D eigenvalue weighted by atomic mass is 16.5. The molecule has 3 aliphatic rings. The molecule has 0 bridgehead atoms. The minimum atomic E-state index is 0.320. The zero-order valence-corrected chi connectivity index (χ0v) is 20.6. The van der Waals surface area contributed by atoms with Crippen molar-refractivity contribution in [3.8, 4) is 11.8 Å². The third kappa shape index (κ3) is 4.85. The van der Waals surface area contributed by atoms with Crippen LogP contribution in [0, 0.1) is 0 Å². The number of rotatable bonds is 5. The zero-order valence-electron chi connectivity index (χ0n) is 20.6. The fraction of sp³-hybridized carbons (Fsp3) is 0.286. The largest absolute Gasteiger partial charge is 0.424 e. The van der Waals surface area contributed by atoms with Crippen LogP contribution in [-0.4, -0.2) is 65.5 Å². The normalized spacial score (nSPS) is 17.4. The van der Waals surface area contributed by atoms with Gasteiger partial charge in [0.2, 0.25) is 0 Å². The predicted octanol–water partition coefficient (Wildman–Crippen LogP) is 4.28. The van der Waals surface area contributed by atoms with E-state index in [0.29, 0.717) is 18.4 Å². The number of anilines is 2. The van der Waals surface area contributed by atoms with E-state index in [1.807, 2.05) is 36.4 Å². The van der Waals surface area contributed by atoms with Crippen LogP contribution >= 0.6 is 0 Å². The lowest BCUT2D eigenvalue weighted by atomic mass is 10.1. The highest BCUT2D eigenvalue weighted by molar-refractivity contribution is 6.10. The summed E-state index contributed by atoms with van der Waals surface area (Å²) < 4.78 is 6.19. The maximum Gasteiger partial charge on any atom is 0.325 e. The lowest BCUT2D eigenvalue weighted by molar-refractivity contribution is 0.311. The smallest absolute Gasteiger partial charge is 0.325 e. The van der Waals surface area contributed by atoms with Crippen LogP contribution in [-0.2, 0) is 6.42 Å². The molecule has 0 spiro atoms. The molecule has 8 heteroatoms. The van der Waals surface area contributed by atoms with Gasteiger partial charge < -0.3 is 19.9 Å². The lowest BCUT2D eigenvalue weighted by Crippen LogP contribution is -2.44. The van der Waals surface area contributed by atoms with Gasteiger partial charge in [0.25, 0.3) is 0 Å². The van der Waals surface area contributed by atoms with Crippen LogP contribution in [0.2, 0.25) is 0 Å². The Kier molecular flexibility index (Phi) is 5.95. The number of nitrogens with zero attached hydrogens (tertiary/aromatic N) is 6. The molecular formula is C28H29N7O. The Morgan fingerprint density at radius 3 is 2.69 bits per heavy atom. The molecule has 1 aliphatic carbocycles. The highest BCUT2D eigenvalue weighted by Gasteiger charge is 2.20. The fourth-order valence-corrected chi connectivity index (χ4v) is 4.72. The summed E-state index contributed by atoms with van der Waals surface area (Å²) in [4.78, 5) is 23.2. The van der Waals surface area contributed by atoms with Crippen LogP contribution in [0.3, 0.4) is 0 Å². The molecule has 1 fully saturated rings. The van der Waals surface area contributed by atoms with Crippen molar-refractivity contribution < 1.29 is 4.74 Å². The molecule has 0 amide bonds. The van der Waals surface area contributed by atoms with Crippen molar-refractivity contribution in [2.45, 2.75) is 13.3 Å². The monoisotopic (exact) mass is 479 g/mol. The van der Waals surface area contributed by atoms with Gasteiger partial charge >= 0.3 is 6.01 Å². The number of pyridine rings is 1. The first-order valence-electron chi connectivity index (χ1n) is 12.3. The quantitative estimate of drug-likeness (QED) is 0.585. The highest BCUT2D eigenvalue weighted by Crippen LogP contribution is 2.31. The molecule has 1 aromatic carbocycles. The minimum absolute atomic E-state index is 0.320. The maximum atomic E-state index is 6.19. The first-order valence-corrected chi connectivity index (χ1v) is 12.3. The van der Waals surface area contributed by atoms with Gasteiger partial charge in [-0.15, -0.1) is 0 Å². The summed E-state index contributed by atoms with van der Waals surface area (Å²) in [6, 6.07) is 14.4. The first kappa shape index (κ1) is 22.4. The number of piperazine rings is 1. The van der Waals surface area contributed by atoms with Crippen LogP contribution < -0.4 is 15.0 Å². The number of nitrogens with one attached hydrogen (secondary N) is 1. The first-order chi connectivity index (χ1) is 17.6. The molecule has 6 rings (SSSR count). The van der Waals surface area contributed by atoms with Crippen molar-refractivity contribution in [3.05, 3.63) is 77.1 Å². The summed E-state index contributed by atoms with van der Waals surface area (Å²) in [5, 5.41) is 3.37. The Hall–Kier alpha value is -4.04. The topological polar surface area (TPSA) is 78.8 Å². The fourth-order valence-electron chi connectivity index (χ4n) is 4.72. The van der Waals surface area contributed by atoms with E-state index in [1.165, 1.54) is 16.7 Å². The van der Waals surface area contributed by atoms with Crippen LogP contribution in [0.4, 0.5) is 11.6 Å². The zero-order chi connectivity index (χ0) is 24.5. The number of likely N-dealkylation sites (N-methyl/N-ethyl adjacent to an activating group) is 1. The average molecular weight is 480 g/mol. The van der Waals surface area contributed by atoms with E-state index in [0.717, 1.165) is 61.3 Å². The molecule has 0 saturated carbocycles. The number of fused-ring (bicyclic) bond motifs is 1. The van der Waals surface area contributed by atoms with Crippen molar-refractivity contribution >= 4 is 29.1 Å². The Labute approximate surface area is 211 Å². The number of amidine groups is 1. The van der Waals surface area contributed by atoms with Crippen molar-refractivity contribution in [2.75, 3.05) is 50.0 Å². The van der Waals surface area contributed by atoms with Crippen LogP contribution in [0.15, 0.2) is 65.3 Å². The van der Waals surface area contributed by atoms with E-state index < -0.39 is 0 Å². The second-order valence-electron chi connectivity index (χ2n) is 9.53. The number of aliphatic imine (C=N–C) groups is 1. The molecule has 8 nitrogen and oxygen atoms in total. The van der Waals surface area contributed by atoms with E-state index in [-0.39, 0.29) is 0 Å². The number of benzene rings is 1. The van der Waals surface area contributed by atoms with Gasteiger partial charge in [-0.05, 0) is 61.9 Å².